The molecule has 13 heavy (non-hydrogen) atoms. The lowest BCUT2D eigenvalue weighted by Crippen LogP contribution is -1.99. The second-order valence-electron chi connectivity index (χ2n) is 2.57. The molecule has 0 spiro atoms. The third-order valence-electron chi connectivity index (χ3n) is 1.76. The summed E-state index contributed by atoms with van der Waals surface area (Å²) < 4.78 is 21.5. The van der Waals surface area contributed by atoms with Crippen LogP contribution in [0.5, 0.6) is 0 Å². The summed E-state index contributed by atoms with van der Waals surface area (Å²) in [5, 5.41) is 0. The first-order valence-electron chi connectivity index (χ1n) is 4.28. The Bertz CT molecular complexity index is 52.1. The van der Waals surface area contributed by atoms with E-state index in [9.17, 15) is 8.78 Å². The topological polar surface area (TPSA) is 0 Å². The molecule has 0 aromatic carbocycles. The predicted molar refractivity (Wildman–Crippen MR) is 59.8 cm³/mol. The molecule has 2 heteroatoms. The van der Waals surface area contributed by atoms with Crippen molar-refractivity contribution in [2.75, 3.05) is 13.9 Å². The van der Waals surface area contributed by atoms with Crippen molar-refractivity contribution < 1.29 is 8.78 Å². The van der Waals surface area contributed by atoms with Gasteiger partial charge in [-0.1, -0.05) is 48.0 Å². The average Bonchev–Trinajstić information content (AvgIpc) is 2.10. The Kier molecular flexibility index (Phi) is 40.1. The zero-order valence-corrected chi connectivity index (χ0v) is 7.87. The molecule has 0 aliphatic carbocycles. The van der Waals surface area contributed by atoms with Crippen LogP contribution in [-0.4, -0.2) is 13.9 Å². The van der Waals surface area contributed by atoms with Crippen LogP contribution in [0.1, 0.15) is 54.4 Å². The number of halogens is 2. The van der Waals surface area contributed by atoms with E-state index in [1.807, 2.05) is 0 Å². The maximum atomic E-state index is 12.0. The van der Waals surface area contributed by atoms with Gasteiger partial charge in [0.05, 0.1) is 13.9 Å². The fourth-order valence-electron chi connectivity index (χ4n) is 0.883. The van der Waals surface area contributed by atoms with E-state index in [0.717, 1.165) is 12.8 Å². The number of hydrogen-bond donors (Lipinski definition) is 0. The van der Waals surface area contributed by atoms with E-state index < -0.39 is 0 Å². The van der Waals surface area contributed by atoms with E-state index in [2.05, 4.69) is 13.8 Å². The highest BCUT2D eigenvalue weighted by molar-refractivity contribution is 4.53. The maximum Gasteiger partial charge on any atom is 0.0922 e. The van der Waals surface area contributed by atoms with Crippen molar-refractivity contribution in [3.05, 3.63) is 0 Å². The highest BCUT2D eigenvalue weighted by Gasteiger charge is 2.02. The van der Waals surface area contributed by atoms with E-state index in [-0.39, 0.29) is 21.5 Å². The average molecular weight is 198 g/mol. The molecular weight excluding hydrogens is 170 g/mol. The highest BCUT2D eigenvalue weighted by atomic mass is 19.1. The van der Waals surface area contributed by atoms with Gasteiger partial charge in [0.2, 0.25) is 0 Å². The van der Waals surface area contributed by atoms with Gasteiger partial charge in [-0.15, -0.1) is 0 Å². The van der Waals surface area contributed by atoms with Crippen LogP contribution < -0.4 is 0 Å². The molecule has 0 saturated carbocycles. The molecule has 0 aliphatic rings. The zero-order chi connectivity index (χ0) is 9.11. The van der Waals surface area contributed by atoms with Crippen LogP contribution in [0.2, 0.25) is 0 Å². The summed E-state index contributed by atoms with van der Waals surface area (Å²) in [7, 11) is 0.500. The third kappa shape index (κ3) is 18.7. The van der Waals surface area contributed by atoms with Crippen LogP contribution in [0.15, 0.2) is 0 Å². The fraction of sp³-hybridized carbons (Fsp3) is 1.00. The number of rotatable bonds is 5. The van der Waals surface area contributed by atoms with Gasteiger partial charge >= 0.3 is 0 Å². The van der Waals surface area contributed by atoms with Gasteiger partial charge in [0.1, 0.15) is 0 Å². The van der Waals surface area contributed by atoms with Crippen LogP contribution in [-0.2, 0) is 0 Å². The van der Waals surface area contributed by atoms with Crippen LogP contribution in [0.3, 0.4) is 0 Å². The Morgan fingerprint density at radius 2 is 1.54 bits per heavy atom. The van der Waals surface area contributed by atoms with E-state index in [1.165, 1.54) is 12.8 Å². The molecule has 1 atom stereocenters. The Labute approximate surface area is 83.7 Å². The van der Waals surface area contributed by atoms with Crippen molar-refractivity contribution in [2.24, 2.45) is 5.92 Å². The molecule has 0 amide bonds. The molecule has 0 aromatic heterocycles. The summed E-state index contributed by atoms with van der Waals surface area (Å²) in [5.41, 5.74) is 0. The Morgan fingerprint density at radius 1 is 1.08 bits per heavy atom. The fourth-order valence-corrected chi connectivity index (χ4v) is 0.883. The van der Waals surface area contributed by atoms with Gasteiger partial charge in [0.25, 0.3) is 0 Å². The maximum absolute atomic E-state index is 12.0. The third-order valence-corrected chi connectivity index (χ3v) is 1.76. The standard InChI is InChI=1S/C8H17F.CH3F.2CH4/c1-3-5-6-8(4-2)7-9;1-2;;/h8H,3-7H2,1-2H3;1H3;2*1H4. The summed E-state index contributed by atoms with van der Waals surface area (Å²) >= 11 is 0. The molecule has 0 saturated heterocycles. The van der Waals surface area contributed by atoms with Crippen molar-refractivity contribution in [3.63, 3.8) is 0 Å². The Morgan fingerprint density at radius 3 is 1.77 bits per heavy atom. The minimum absolute atomic E-state index is 0. The molecule has 1 unspecified atom stereocenters. The number of hydrogen-bond acceptors (Lipinski definition) is 0. The molecule has 0 rings (SSSR count). The molecule has 0 N–H and O–H groups in total. The van der Waals surface area contributed by atoms with Gasteiger partial charge in [-0.25, -0.2) is 0 Å². The molecule has 0 heterocycles. The number of unbranched alkanes of at least 4 members (excludes halogenated alkanes) is 1. The summed E-state index contributed by atoms with van der Waals surface area (Å²) in [5.74, 6) is 0.338. The summed E-state index contributed by atoms with van der Waals surface area (Å²) in [6.07, 6.45) is 4.44. The van der Waals surface area contributed by atoms with Crippen molar-refractivity contribution in [1.29, 1.82) is 0 Å². The molecule has 0 bridgehead atoms. The molecule has 0 radical (unpaired) electrons. The largest absolute Gasteiger partial charge is 0.255 e. The van der Waals surface area contributed by atoms with Crippen molar-refractivity contribution >= 4 is 0 Å². The van der Waals surface area contributed by atoms with Crippen molar-refractivity contribution in [2.45, 2.75) is 54.4 Å². The van der Waals surface area contributed by atoms with Crippen LogP contribution in [0, 0.1) is 5.92 Å². The van der Waals surface area contributed by atoms with Gasteiger partial charge in [0.15, 0.2) is 0 Å². The summed E-state index contributed by atoms with van der Waals surface area (Å²) in [6.45, 7) is 4.07. The molecule has 0 aliphatic heterocycles. The van der Waals surface area contributed by atoms with E-state index in [0.29, 0.717) is 13.1 Å². The lowest BCUT2D eigenvalue weighted by atomic mass is 10.0. The second-order valence-corrected chi connectivity index (χ2v) is 2.57. The normalized spacial score (nSPS) is 9.92. The smallest absolute Gasteiger partial charge is 0.0922 e. The molecule has 0 fully saturated rings. The lowest BCUT2D eigenvalue weighted by molar-refractivity contribution is 0.329. The first-order valence-corrected chi connectivity index (χ1v) is 4.28. The molecular formula is C11H28F2. The zero-order valence-electron chi connectivity index (χ0n) is 7.87. The number of alkyl halides is 2. The van der Waals surface area contributed by atoms with E-state index >= 15 is 0 Å². The van der Waals surface area contributed by atoms with Gasteiger partial charge < -0.3 is 0 Å². The molecule has 86 valence electrons. The Hall–Kier alpha value is -0.140. The predicted octanol–water partition coefficient (Wildman–Crippen LogP) is 5.03. The van der Waals surface area contributed by atoms with Gasteiger partial charge in [-0.05, 0) is 12.3 Å². The van der Waals surface area contributed by atoms with Crippen molar-refractivity contribution in [3.8, 4) is 0 Å². The van der Waals surface area contributed by atoms with E-state index in [1.54, 1.807) is 0 Å². The minimum atomic E-state index is -0.128. The van der Waals surface area contributed by atoms with Crippen LogP contribution in [0.25, 0.3) is 0 Å². The summed E-state index contributed by atoms with van der Waals surface area (Å²) in [6, 6.07) is 0. The van der Waals surface area contributed by atoms with Gasteiger partial charge in [-0.2, -0.15) is 0 Å². The minimum Gasteiger partial charge on any atom is -0.255 e. The SMILES string of the molecule is C.C.CCCCC(CC)CF.CF. The molecule has 0 nitrogen and oxygen atoms in total. The van der Waals surface area contributed by atoms with Crippen LogP contribution >= 0.6 is 0 Å². The lowest BCUT2D eigenvalue weighted by Gasteiger charge is -2.07. The van der Waals surface area contributed by atoms with Crippen LogP contribution in [0.4, 0.5) is 8.78 Å². The second kappa shape index (κ2) is 22.6. The monoisotopic (exact) mass is 198 g/mol. The highest BCUT2D eigenvalue weighted by Crippen LogP contribution is 2.12. The van der Waals surface area contributed by atoms with E-state index in [4.69, 9.17) is 0 Å². The first kappa shape index (κ1) is 23.0. The van der Waals surface area contributed by atoms with Crippen molar-refractivity contribution in [1.82, 2.24) is 0 Å². The van der Waals surface area contributed by atoms with Gasteiger partial charge in [0, 0.05) is 0 Å². The van der Waals surface area contributed by atoms with Gasteiger partial charge in [-0.3, -0.25) is 8.78 Å². The first-order chi connectivity index (χ1) is 5.35. The summed E-state index contributed by atoms with van der Waals surface area (Å²) in [4.78, 5) is 0. The Balaban J connectivity index is -0.0000000941. The molecule has 0 aromatic rings. The quantitative estimate of drug-likeness (QED) is 0.581.